The van der Waals surface area contributed by atoms with Gasteiger partial charge in [0.15, 0.2) is 5.71 Å². The third-order valence-electron chi connectivity index (χ3n) is 3.57. The molecule has 0 N–H and O–H groups in total. The monoisotopic (exact) mass is 277 g/mol. The Hall–Kier alpha value is -2.75. The Bertz CT molecular complexity index is 762. The van der Waals surface area contributed by atoms with Crippen molar-refractivity contribution in [2.45, 2.75) is 6.92 Å². The molecule has 4 nitrogen and oxygen atoms in total. The molecular formula is C17H15N3O. The number of amides is 1. The minimum Gasteiger partial charge on any atom is -0.309 e. The molecule has 104 valence electrons. The number of aryl methyl sites for hydroxylation is 1. The van der Waals surface area contributed by atoms with Crippen LogP contribution < -0.4 is 4.90 Å². The van der Waals surface area contributed by atoms with Crippen LogP contribution in [0.15, 0.2) is 58.7 Å². The first kappa shape index (κ1) is 13.2. The van der Waals surface area contributed by atoms with Crippen molar-refractivity contribution in [3.8, 4) is 0 Å². The molecule has 0 atom stereocenters. The minimum absolute atomic E-state index is 0.127. The third-order valence-corrected chi connectivity index (χ3v) is 3.57. The van der Waals surface area contributed by atoms with E-state index in [0.717, 1.165) is 22.4 Å². The fraction of sp³-hybridized carbons (Fsp3) is 0.118. The summed E-state index contributed by atoms with van der Waals surface area (Å²) in [5.41, 5.74) is 4.20. The van der Waals surface area contributed by atoms with E-state index in [1.807, 2.05) is 55.5 Å². The second kappa shape index (κ2) is 5.32. The number of nitrogens with zero attached hydrogens (tertiary/aromatic N) is 3. The number of para-hydroxylation sites is 1. The zero-order valence-corrected chi connectivity index (χ0v) is 11.9. The molecule has 2 aromatic carbocycles. The van der Waals surface area contributed by atoms with Gasteiger partial charge in [-0.25, -0.2) is 0 Å². The summed E-state index contributed by atoms with van der Waals surface area (Å²) in [7, 11) is 1.74. The molecule has 1 amide bonds. The molecule has 2 aromatic rings. The highest BCUT2D eigenvalue weighted by molar-refractivity contribution is 6.54. The second-order valence-electron chi connectivity index (χ2n) is 4.93. The van der Waals surface area contributed by atoms with Crippen LogP contribution in [0, 0.1) is 6.92 Å². The molecule has 0 saturated heterocycles. The Morgan fingerprint density at radius 2 is 1.76 bits per heavy atom. The van der Waals surface area contributed by atoms with Crippen molar-refractivity contribution in [3.05, 3.63) is 65.2 Å². The normalized spacial score (nSPS) is 16.0. The van der Waals surface area contributed by atoms with Gasteiger partial charge in [-0.3, -0.25) is 4.79 Å². The number of hydrogen-bond donors (Lipinski definition) is 0. The van der Waals surface area contributed by atoms with Gasteiger partial charge in [0, 0.05) is 12.6 Å². The largest absolute Gasteiger partial charge is 0.309 e. The lowest BCUT2D eigenvalue weighted by Crippen LogP contribution is -2.25. The number of rotatable bonds is 2. The van der Waals surface area contributed by atoms with Gasteiger partial charge in [0.05, 0.1) is 11.9 Å². The summed E-state index contributed by atoms with van der Waals surface area (Å²) in [6.07, 6.45) is 1.68. The summed E-state index contributed by atoms with van der Waals surface area (Å²) < 4.78 is 0. The SMILES string of the molecule is Cc1ccccc1/C=N\N=C1\C(=O)N(C)c2ccccc21. The summed E-state index contributed by atoms with van der Waals surface area (Å²) in [6.45, 7) is 2.01. The lowest BCUT2D eigenvalue weighted by atomic mass is 10.1. The Balaban J connectivity index is 1.94. The maximum atomic E-state index is 12.2. The molecule has 0 saturated carbocycles. The van der Waals surface area contributed by atoms with Crippen molar-refractivity contribution >= 4 is 23.5 Å². The average Bonchev–Trinajstić information content (AvgIpc) is 2.74. The predicted molar refractivity (Wildman–Crippen MR) is 85.2 cm³/mol. The van der Waals surface area contributed by atoms with Crippen LogP contribution in [0.2, 0.25) is 0 Å². The van der Waals surface area contributed by atoms with E-state index in [1.165, 1.54) is 0 Å². The van der Waals surface area contributed by atoms with Crippen molar-refractivity contribution < 1.29 is 4.79 Å². The summed E-state index contributed by atoms with van der Waals surface area (Å²) in [6, 6.07) is 15.5. The van der Waals surface area contributed by atoms with E-state index >= 15 is 0 Å². The Kier molecular flexibility index (Phi) is 3.36. The average molecular weight is 277 g/mol. The Morgan fingerprint density at radius 1 is 1.05 bits per heavy atom. The lowest BCUT2D eigenvalue weighted by molar-refractivity contribution is -0.111. The van der Waals surface area contributed by atoms with Gasteiger partial charge in [0.25, 0.3) is 5.91 Å². The van der Waals surface area contributed by atoms with Crippen molar-refractivity contribution in [2.24, 2.45) is 10.2 Å². The van der Waals surface area contributed by atoms with E-state index in [2.05, 4.69) is 10.2 Å². The standard InChI is InChI=1S/C17H15N3O/c1-12-7-3-4-8-13(12)11-18-19-16-14-9-5-6-10-15(14)20(2)17(16)21/h3-11H,1-2H3/b18-11-,19-16+. The van der Waals surface area contributed by atoms with E-state index in [1.54, 1.807) is 18.2 Å². The van der Waals surface area contributed by atoms with Gasteiger partial charge in [0.2, 0.25) is 0 Å². The van der Waals surface area contributed by atoms with E-state index < -0.39 is 0 Å². The number of carbonyl (C=O) groups excluding carboxylic acids is 1. The number of benzene rings is 2. The first-order chi connectivity index (χ1) is 10.2. The van der Waals surface area contributed by atoms with Gasteiger partial charge >= 0.3 is 0 Å². The van der Waals surface area contributed by atoms with Crippen LogP contribution in [-0.4, -0.2) is 24.9 Å². The highest BCUT2D eigenvalue weighted by Crippen LogP contribution is 2.27. The molecule has 1 heterocycles. The molecule has 1 aliphatic heterocycles. The summed E-state index contributed by atoms with van der Waals surface area (Å²) in [4.78, 5) is 13.8. The topological polar surface area (TPSA) is 45.0 Å². The van der Waals surface area contributed by atoms with E-state index in [-0.39, 0.29) is 5.91 Å². The molecule has 3 rings (SSSR count). The molecule has 0 spiro atoms. The smallest absolute Gasteiger partial charge is 0.279 e. The maximum Gasteiger partial charge on any atom is 0.279 e. The third kappa shape index (κ3) is 2.36. The highest BCUT2D eigenvalue weighted by atomic mass is 16.2. The first-order valence-corrected chi connectivity index (χ1v) is 6.72. The Labute approximate surface area is 123 Å². The van der Waals surface area contributed by atoms with Gasteiger partial charge in [0.1, 0.15) is 0 Å². The zero-order chi connectivity index (χ0) is 14.8. The van der Waals surface area contributed by atoms with Crippen molar-refractivity contribution in [2.75, 3.05) is 11.9 Å². The van der Waals surface area contributed by atoms with Gasteiger partial charge in [-0.2, -0.15) is 5.10 Å². The van der Waals surface area contributed by atoms with Crippen LogP contribution in [0.5, 0.6) is 0 Å². The van der Waals surface area contributed by atoms with Crippen molar-refractivity contribution in [1.82, 2.24) is 0 Å². The highest BCUT2D eigenvalue weighted by Gasteiger charge is 2.30. The van der Waals surface area contributed by atoms with Gasteiger partial charge in [-0.1, -0.05) is 42.5 Å². The van der Waals surface area contributed by atoms with Gasteiger partial charge < -0.3 is 4.90 Å². The molecule has 21 heavy (non-hydrogen) atoms. The number of fused-ring (bicyclic) bond motifs is 1. The molecule has 4 heteroatoms. The van der Waals surface area contributed by atoms with Crippen LogP contribution >= 0.6 is 0 Å². The molecule has 0 bridgehead atoms. The molecular weight excluding hydrogens is 262 g/mol. The fourth-order valence-corrected chi connectivity index (χ4v) is 2.33. The van der Waals surface area contributed by atoms with Gasteiger partial charge in [-0.15, -0.1) is 5.10 Å². The molecule has 1 aliphatic rings. The first-order valence-electron chi connectivity index (χ1n) is 6.72. The van der Waals surface area contributed by atoms with Crippen molar-refractivity contribution in [1.29, 1.82) is 0 Å². The van der Waals surface area contributed by atoms with Gasteiger partial charge in [-0.05, 0) is 24.1 Å². The van der Waals surface area contributed by atoms with Crippen LogP contribution in [0.1, 0.15) is 16.7 Å². The van der Waals surface area contributed by atoms with Crippen molar-refractivity contribution in [3.63, 3.8) is 0 Å². The Morgan fingerprint density at radius 3 is 2.57 bits per heavy atom. The van der Waals surface area contributed by atoms with E-state index in [9.17, 15) is 4.79 Å². The van der Waals surface area contributed by atoms with E-state index in [4.69, 9.17) is 0 Å². The second-order valence-corrected chi connectivity index (χ2v) is 4.93. The van der Waals surface area contributed by atoms with Crippen LogP contribution in [0.3, 0.4) is 0 Å². The number of carbonyl (C=O) groups is 1. The quantitative estimate of drug-likeness (QED) is 0.615. The summed E-state index contributed by atoms with van der Waals surface area (Å²) >= 11 is 0. The van der Waals surface area contributed by atoms with Crippen LogP contribution in [0.4, 0.5) is 5.69 Å². The van der Waals surface area contributed by atoms with Crippen LogP contribution in [-0.2, 0) is 4.79 Å². The maximum absolute atomic E-state index is 12.2. The predicted octanol–water partition coefficient (Wildman–Crippen LogP) is 2.79. The zero-order valence-electron chi connectivity index (χ0n) is 11.9. The number of likely N-dealkylation sites (N-methyl/N-ethyl adjacent to an activating group) is 1. The van der Waals surface area contributed by atoms with E-state index in [0.29, 0.717) is 5.71 Å². The minimum atomic E-state index is -0.127. The number of hydrogen-bond acceptors (Lipinski definition) is 3. The molecule has 0 unspecified atom stereocenters. The molecule has 0 radical (unpaired) electrons. The molecule has 0 fully saturated rings. The fourth-order valence-electron chi connectivity index (χ4n) is 2.33. The summed E-state index contributed by atoms with van der Waals surface area (Å²) in [5, 5.41) is 8.21. The summed E-state index contributed by atoms with van der Waals surface area (Å²) in [5.74, 6) is -0.127. The number of anilines is 1. The molecule has 0 aliphatic carbocycles. The molecule has 0 aromatic heterocycles. The van der Waals surface area contributed by atoms with Crippen LogP contribution in [0.25, 0.3) is 0 Å². The lowest BCUT2D eigenvalue weighted by Gasteiger charge is -2.07.